The highest BCUT2D eigenvalue weighted by Gasteiger charge is 2.38. The zero-order valence-corrected chi connectivity index (χ0v) is 10.2. The van der Waals surface area contributed by atoms with E-state index in [-0.39, 0.29) is 9.20 Å². The first-order chi connectivity index (χ1) is 7.98. The monoisotopic (exact) mass is 338 g/mol. The summed E-state index contributed by atoms with van der Waals surface area (Å²) < 4.78 is 72.9. The quantitative estimate of drug-likeness (QED) is 0.500. The van der Waals surface area contributed by atoms with Gasteiger partial charge in [0.1, 0.15) is 12.8 Å². The van der Waals surface area contributed by atoms with Crippen molar-refractivity contribution < 1.29 is 36.3 Å². The summed E-state index contributed by atoms with van der Waals surface area (Å²) in [6, 6.07) is 1.82. The van der Waals surface area contributed by atoms with Crippen LogP contribution in [0.2, 0.25) is 0 Å². The maximum Gasteiger partial charge on any atom is 0.399 e. The number of alkyl halides is 6. The largest absolute Gasteiger partial charge is 0.399 e. The lowest BCUT2D eigenvalue weighted by molar-refractivity contribution is -0.915. The molecule has 0 radical (unpaired) electrons. The summed E-state index contributed by atoms with van der Waals surface area (Å²) in [5, 5.41) is 9.34. The first-order valence-corrected chi connectivity index (χ1v) is 5.33. The lowest BCUT2D eigenvalue weighted by Crippen LogP contribution is -2.43. The standard InChI is InChI=1S/C9H7BrF6NO/c10-5-1-6(3-8(11,12)13)17(18)7(2-5)4-9(14,15)16/h1-2,18H,3-4H2/q+1. The van der Waals surface area contributed by atoms with Gasteiger partial charge in [-0.3, -0.25) is 5.21 Å². The van der Waals surface area contributed by atoms with Gasteiger partial charge in [-0.1, -0.05) is 15.9 Å². The Morgan fingerprint density at radius 1 is 0.944 bits per heavy atom. The molecule has 0 fully saturated rings. The molecule has 18 heavy (non-hydrogen) atoms. The Labute approximate surface area is 106 Å². The molecule has 9 heteroatoms. The van der Waals surface area contributed by atoms with E-state index < -0.39 is 36.6 Å². The number of aromatic nitrogens is 1. The van der Waals surface area contributed by atoms with Crippen LogP contribution < -0.4 is 4.73 Å². The lowest BCUT2D eigenvalue weighted by Gasteiger charge is -2.07. The maximum atomic E-state index is 12.2. The van der Waals surface area contributed by atoms with Gasteiger partial charge in [-0.2, -0.15) is 26.3 Å². The molecule has 1 N–H and O–H groups in total. The molecule has 0 saturated carbocycles. The van der Waals surface area contributed by atoms with Gasteiger partial charge < -0.3 is 0 Å². The first kappa shape index (κ1) is 15.1. The smallest absolute Gasteiger partial charge is 0.285 e. The summed E-state index contributed by atoms with van der Waals surface area (Å²) in [6.45, 7) is 0. The van der Waals surface area contributed by atoms with Crippen LogP contribution in [-0.2, 0) is 12.8 Å². The van der Waals surface area contributed by atoms with E-state index in [4.69, 9.17) is 0 Å². The molecular formula is C9H7BrF6NO+. The SMILES string of the molecule is O[n+]1c(CC(F)(F)F)cc(Br)cc1CC(F)(F)F. The van der Waals surface area contributed by atoms with Gasteiger partial charge in [0.05, 0.1) is 0 Å². The van der Waals surface area contributed by atoms with Gasteiger partial charge in [0.15, 0.2) is 0 Å². The number of halogens is 7. The molecule has 1 aromatic heterocycles. The highest BCUT2D eigenvalue weighted by Crippen LogP contribution is 2.24. The van der Waals surface area contributed by atoms with Crippen LogP contribution in [0.3, 0.4) is 0 Å². The minimum absolute atomic E-state index is 0.0336. The first-order valence-electron chi connectivity index (χ1n) is 4.54. The Morgan fingerprint density at radius 3 is 1.56 bits per heavy atom. The summed E-state index contributed by atoms with van der Waals surface area (Å²) in [6.07, 6.45) is -12.3. The van der Waals surface area contributed by atoms with Gasteiger partial charge in [0.2, 0.25) is 11.4 Å². The summed E-state index contributed by atoms with van der Waals surface area (Å²) in [7, 11) is 0. The van der Waals surface area contributed by atoms with E-state index in [1.807, 2.05) is 0 Å². The van der Waals surface area contributed by atoms with Crippen LogP contribution in [0.5, 0.6) is 0 Å². The van der Waals surface area contributed by atoms with Crippen molar-refractivity contribution in [3.05, 3.63) is 28.0 Å². The summed E-state index contributed by atoms with van der Waals surface area (Å²) in [5.41, 5.74) is -1.34. The number of hydrogen-bond acceptors (Lipinski definition) is 1. The summed E-state index contributed by atoms with van der Waals surface area (Å²) in [4.78, 5) is 0. The third-order valence-corrected chi connectivity index (χ3v) is 2.37. The van der Waals surface area contributed by atoms with Crippen molar-refractivity contribution in [2.24, 2.45) is 0 Å². The lowest BCUT2D eigenvalue weighted by atomic mass is 10.2. The van der Waals surface area contributed by atoms with Crippen LogP contribution in [0.1, 0.15) is 11.4 Å². The summed E-state index contributed by atoms with van der Waals surface area (Å²) in [5.74, 6) is 0. The molecule has 1 heterocycles. The average molecular weight is 339 g/mol. The molecule has 0 aromatic carbocycles. The van der Waals surface area contributed by atoms with Gasteiger partial charge in [0.25, 0.3) is 0 Å². The molecule has 1 aromatic rings. The van der Waals surface area contributed by atoms with E-state index in [1.54, 1.807) is 0 Å². The second-order valence-corrected chi connectivity index (χ2v) is 4.47. The molecule has 2 nitrogen and oxygen atoms in total. The van der Waals surface area contributed by atoms with Crippen LogP contribution in [0.25, 0.3) is 0 Å². The molecule has 0 amide bonds. The zero-order chi connectivity index (χ0) is 14.1. The highest BCUT2D eigenvalue weighted by molar-refractivity contribution is 9.10. The predicted molar refractivity (Wildman–Crippen MR) is 51.0 cm³/mol. The van der Waals surface area contributed by atoms with Crippen LogP contribution in [0.15, 0.2) is 16.6 Å². The van der Waals surface area contributed by atoms with Crippen LogP contribution in [-0.4, -0.2) is 17.6 Å². The fourth-order valence-electron chi connectivity index (χ4n) is 1.33. The zero-order valence-electron chi connectivity index (χ0n) is 8.61. The maximum absolute atomic E-state index is 12.2. The summed E-state index contributed by atoms with van der Waals surface area (Å²) >= 11 is 2.80. The van der Waals surface area contributed by atoms with Crippen molar-refractivity contribution in [2.45, 2.75) is 25.2 Å². The van der Waals surface area contributed by atoms with Crippen molar-refractivity contribution in [3.8, 4) is 0 Å². The highest BCUT2D eigenvalue weighted by atomic mass is 79.9. The molecule has 0 unspecified atom stereocenters. The predicted octanol–water partition coefficient (Wildman–Crippen LogP) is 3.18. The van der Waals surface area contributed by atoms with E-state index in [1.165, 1.54) is 0 Å². The van der Waals surface area contributed by atoms with Gasteiger partial charge in [-0.15, -0.1) is 0 Å². The van der Waals surface area contributed by atoms with E-state index in [2.05, 4.69) is 15.9 Å². The second kappa shape index (κ2) is 4.94. The van der Waals surface area contributed by atoms with Crippen molar-refractivity contribution in [1.29, 1.82) is 0 Å². The number of hydrogen-bond donors (Lipinski definition) is 1. The molecule has 102 valence electrons. The number of rotatable bonds is 2. The van der Waals surface area contributed by atoms with Crippen LogP contribution in [0, 0.1) is 0 Å². The fourth-order valence-corrected chi connectivity index (χ4v) is 1.86. The molecule has 0 bridgehead atoms. The molecule has 0 spiro atoms. The van der Waals surface area contributed by atoms with E-state index in [9.17, 15) is 31.5 Å². The second-order valence-electron chi connectivity index (χ2n) is 3.55. The Morgan fingerprint density at radius 2 is 1.28 bits per heavy atom. The Hall–Kier alpha value is -0.990. The van der Waals surface area contributed by atoms with Gasteiger partial charge in [-0.05, 0) is 0 Å². The van der Waals surface area contributed by atoms with E-state index in [0.717, 1.165) is 12.1 Å². The fraction of sp³-hybridized carbons (Fsp3) is 0.444. The Balaban J connectivity index is 3.14. The normalized spacial score (nSPS) is 12.8. The van der Waals surface area contributed by atoms with Crippen molar-refractivity contribution in [3.63, 3.8) is 0 Å². The minimum Gasteiger partial charge on any atom is -0.285 e. The van der Waals surface area contributed by atoms with E-state index in [0.29, 0.717) is 0 Å². The third kappa shape index (κ3) is 4.71. The van der Waals surface area contributed by atoms with Crippen LogP contribution in [0.4, 0.5) is 26.3 Å². The van der Waals surface area contributed by atoms with Crippen molar-refractivity contribution in [2.75, 3.05) is 0 Å². The topological polar surface area (TPSA) is 24.1 Å². The van der Waals surface area contributed by atoms with Crippen molar-refractivity contribution >= 4 is 15.9 Å². The minimum atomic E-state index is -4.62. The Bertz CT molecular complexity index is 405. The van der Waals surface area contributed by atoms with Crippen LogP contribution >= 0.6 is 15.9 Å². The molecule has 0 atom stereocenters. The average Bonchev–Trinajstić information content (AvgIpc) is 2.07. The molecular weight excluding hydrogens is 332 g/mol. The third-order valence-electron chi connectivity index (χ3n) is 1.92. The number of nitrogens with zero attached hydrogens (tertiary/aromatic N) is 1. The molecule has 0 aliphatic heterocycles. The molecule has 0 aliphatic rings. The molecule has 1 rings (SSSR count). The van der Waals surface area contributed by atoms with E-state index >= 15 is 0 Å². The molecule has 0 aliphatic carbocycles. The van der Waals surface area contributed by atoms with Gasteiger partial charge in [0, 0.05) is 21.3 Å². The Kier molecular flexibility index (Phi) is 4.14. The van der Waals surface area contributed by atoms with Gasteiger partial charge in [-0.25, -0.2) is 0 Å². The number of pyridine rings is 1. The van der Waals surface area contributed by atoms with Gasteiger partial charge >= 0.3 is 12.4 Å². The van der Waals surface area contributed by atoms with Crippen molar-refractivity contribution in [1.82, 2.24) is 0 Å². The molecule has 0 saturated heterocycles.